The molecule has 0 saturated heterocycles. The van der Waals surface area contributed by atoms with Crippen LogP contribution in [-0.2, 0) is 14.4 Å². The van der Waals surface area contributed by atoms with E-state index in [2.05, 4.69) is 30.6 Å². The number of unbranched alkanes of at least 4 members (excludes halogenated alkanes) is 1. The third-order valence-corrected chi connectivity index (χ3v) is 4.28. The van der Waals surface area contributed by atoms with Gasteiger partial charge in [0.1, 0.15) is 0 Å². The summed E-state index contributed by atoms with van der Waals surface area (Å²) in [6.45, 7) is 3.56. The first-order chi connectivity index (χ1) is 10.9. The maximum absolute atomic E-state index is 11.6. The molecule has 1 unspecified atom stereocenters. The van der Waals surface area contributed by atoms with E-state index in [4.69, 9.17) is 0 Å². The summed E-state index contributed by atoms with van der Waals surface area (Å²) in [5.74, 6) is 0.701. The van der Waals surface area contributed by atoms with Crippen molar-refractivity contribution in [2.24, 2.45) is 0 Å². The summed E-state index contributed by atoms with van der Waals surface area (Å²) in [5.41, 5.74) is 0.472. The molecule has 0 aliphatic carbocycles. The number of amides is 1. The van der Waals surface area contributed by atoms with Gasteiger partial charge in [0.2, 0.25) is 5.91 Å². The van der Waals surface area contributed by atoms with Gasteiger partial charge in [0, 0.05) is 24.6 Å². The van der Waals surface area contributed by atoms with Crippen molar-refractivity contribution in [2.75, 3.05) is 12.3 Å². The van der Waals surface area contributed by atoms with Gasteiger partial charge in [-0.3, -0.25) is 14.4 Å². The number of hydrogen-bond acceptors (Lipinski definition) is 5. The Morgan fingerprint density at radius 1 is 1.04 bits per heavy atom. The molecule has 0 aliphatic rings. The van der Waals surface area contributed by atoms with Gasteiger partial charge >= 0.3 is 0 Å². The third-order valence-electron chi connectivity index (χ3n) is 3.51. The highest BCUT2D eigenvalue weighted by Gasteiger charge is 2.05. The first kappa shape index (κ1) is 22.2. The van der Waals surface area contributed by atoms with Crippen molar-refractivity contribution in [3.05, 3.63) is 11.6 Å². The lowest BCUT2D eigenvalue weighted by molar-refractivity contribution is -0.121. The van der Waals surface area contributed by atoms with Crippen LogP contribution in [0.3, 0.4) is 0 Å². The van der Waals surface area contributed by atoms with Crippen molar-refractivity contribution in [1.82, 2.24) is 5.32 Å². The maximum atomic E-state index is 11.6. The molecule has 4 nitrogen and oxygen atoms in total. The second-order valence-electron chi connectivity index (χ2n) is 5.72. The van der Waals surface area contributed by atoms with E-state index >= 15 is 0 Å². The van der Waals surface area contributed by atoms with E-state index < -0.39 is 0 Å². The average molecular weight is 360 g/mol. The molecule has 0 heterocycles. The molecular formula is C17H29NO3S2. The van der Waals surface area contributed by atoms with Crippen LogP contribution in [0.2, 0.25) is 0 Å². The predicted octanol–water partition coefficient (Wildman–Crippen LogP) is 3.17. The minimum atomic E-state index is -0.0931. The molecule has 0 radical (unpaired) electrons. The molecule has 0 rings (SSSR count). The fourth-order valence-electron chi connectivity index (χ4n) is 1.95. The van der Waals surface area contributed by atoms with E-state index in [-0.39, 0.29) is 17.5 Å². The largest absolute Gasteiger partial charge is 0.356 e. The number of thiol groups is 2. The number of nitrogens with one attached hydrogen (secondary N) is 1. The van der Waals surface area contributed by atoms with Crippen molar-refractivity contribution < 1.29 is 14.4 Å². The number of rotatable bonds is 13. The standard InChI is InChI=1S/C17H29NO3S2/c1-13(14(2)19)12-15(20)6-5-10-18-17(21)8-4-3-7-16(23)9-11-22/h12,16,22-23H,3-11H2,1-2H3,(H,18,21)/b13-12+. The number of carbonyl (C=O) groups excluding carboxylic acids is 3. The normalized spacial score (nSPS) is 12.8. The van der Waals surface area contributed by atoms with E-state index in [0.717, 1.165) is 31.4 Å². The number of Topliss-reactive ketones (excluding diaryl/α,β-unsaturated/α-hetero) is 1. The Morgan fingerprint density at radius 2 is 1.74 bits per heavy atom. The molecule has 1 atom stereocenters. The Hall–Kier alpha value is -0.750. The van der Waals surface area contributed by atoms with Crippen LogP contribution in [0.15, 0.2) is 11.6 Å². The van der Waals surface area contributed by atoms with Gasteiger partial charge in [-0.25, -0.2) is 0 Å². The van der Waals surface area contributed by atoms with Crippen LogP contribution >= 0.6 is 25.3 Å². The van der Waals surface area contributed by atoms with Crippen molar-refractivity contribution in [2.45, 2.75) is 64.0 Å². The molecule has 0 aliphatic heterocycles. The lowest BCUT2D eigenvalue weighted by atomic mass is 10.1. The Morgan fingerprint density at radius 3 is 2.35 bits per heavy atom. The highest BCUT2D eigenvalue weighted by atomic mass is 32.1. The lowest BCUT2D eigenvalue weighted by Crippen LogP contribution is -2.24. The van der Waals surface area contributed by atoms with Gasteiger partial charge in [-0.15, -0.1) is 0 Å². The van der Waals surface area contributed by atoms with Gasteiger partial charge in [0.05, 0.1) is 0 Å². The van der Waals surface area contributed by atoms with Crippen LogP contribution in [0.25, 0.3) is 0 Å². The molecule has 6 heteroatoms. The van der Waals surface area contributed by atoms with Gasteiger partial charge in [0.15, 0.2) is 11.6 Å². The topological polar surface area (TPSA) is 63.2 Å². The zero-order valence-electron chi connectivity index (χ0n) is 14.1. The molecule has 1 amide bonds. The summed E-state index contributed by atoms with van der Waals surface area (Å²) in [5, 5.41) is 3.19. The molecule has 1 N–H and O–H groups in total. The molecule has 0 aromatic rings. The van der Waals surface area contributed by atoms with Crippen molar-refractivity contribution in [3.8, 4) is 0 Å². The van der Waals surface area contributed by atoms with Gasteiger partial charge in [-0.2, -0.15) is 25.3 Å². The van der Waals surface area contributed by atoms with Crippen LogP contribution in [0.4, 0.5) is 0 Å². The second-order valence-corrected chi connectivity index (χ2v) is 6.89. The Bertz CT molecular complexity index is 422. The summed E-state index contributed by atoms with van der Waals surface area (Å²) in [6.07, 6.45) is 6.67. The first-order valence-corrected chi connectivity index (χ1v) is 9.29. The Kier molecular flexibility index (Phi) is 13.2. The summed E-state index contributed by atoms with van der Waals surface area (Å²) in [6, 6.07) is 0. The van der Waals surface area contributed by atoms with Crippen molar-refractivity contribution in [1.29, 1.82) is 0 Å². The zero-order chi connectivity index (χ0) is 17.7. The average Bonchev–Trinajstić information content (AvgIpc) is 2.48. The van der Waals surface area contributed by atoms with E-state index in [1.807, 2.05) is 0 Å². The molecule has 0 aromatic heterocycles. The van der Waals surface area contributed by atoms with Crippen LogP contribution in [0.1, 0.15) is 58.8 Å². The second kappa shape index (κ2) is 13.7. The number of allylic oxidation sites excluding steroid dienone is 2. The van der Waals surface area contributed by atoms with Gasteiger partial charge in [-0.05, 0) is 56.9 Å². The molecule has 23 heavy (non-hydrogen) atoms. The summed E-state index contributed by atoms with van der Waals surface area (Å²) < 4.78 is 0. The van der Waals surface area contributed by atoms with E-state index in [9.17, 15) is 14.4 Å². The van der Waals surface area contributed by atoms with Crippen LogP contribution in [-0.4, -0.2) is 35.0 Å². The van der Waals surface area contributed by atoms with Crippen LogP contribution in [0.5, 0.6) is 0 Å². The smallest absolute Gasteiger partial charge is 0.219 e. The molecule has 0 spiro atoms. The number of carbonyl (C=O) groups is 3. The fraction of sp³-hybridized carbons (Fsp3) is 0.706. The third kappa shape index (κ3) is 13.4. The fourth-order valence-corrected chi connectivity index (χ4v) is 2.78. The molecule has 0 aromatic carbocycles. The molecule has 0 saturated carbocycles. The van der Waals surface area contributed by atoms with E-state index in [1.54, 1.807) is 6.92 Å². The summed E-state index contributed by atoms with van der Waals surface area (Å²) in [7, 11) is 0. The van der Waals surface area contributed by atoms with Gasteiger partial charge in [0.25, 0.3) is 0 Å². The molecular weight excluding hydrogens is 330 g/mol. The highest BCUT2D eigenvalue weighted by molar-refractivity contribution is 7.81. The molecule has 0 fully saturated rings. The van der Waals surface area contributed by atoms with Crippen molar-refractivity contribution >= 4 is 42.7 Å². The zero-order valence-corrected chi connectivity index (χ0v) is 15.9. The van der Waals surface area contributed by atoms with Gasteiger partial charge < -0.3 is 5.32 Å². The molecule has 0 bridgehead atoms. The maximum Gasteiger partial charge on any atom is 0.219 e. The molecule has 132 valence electrons. The quantitative estimate of drug-likeness (QED) is 0.269. The minimum Gasteiger partial charge on any atom is -0.356 e. The summed E-state index contributed by atoms with van der Waals surface area (Å²) >= 11 is 8.62. The SMILES string of the molecule is CC(=O)/C(C)=C/C(=O)CCCNC(=O)CCCCC(S)CCS. The minimum absolute atomic E-state index is 0.0258. The Balaban J connectivity index is 3.66. The van der Waals surface area contributed by atoms with Crippen molar-refractivity contribution in [3.63, 3.8) is 0 Å². The van der Waals surface area contributed by atoms with E-state index in [0.29, 0.717) is 36.6 Å². The number of hydrogen-bond donors (Lipinski definition) is 3. The lowest BCUT2D eigenvalue weighted by Gasteiger charge is -2.08. The first-order valence-electron chi connectivity index (χ1n) is 8.14. The predicted molar refractivity (Wildman–Crippen MR) is 101 cm³/mol. The summed E-state index contributed by atoms with van der Waals surface area (Å²) in [4.78, 5) is 34.2. The van der Waals surface area contributed by atoms with Crippen LogP contribution in [0, 0.1) is 0 Å². The van der Waals surface area contributed by atoms with Gasteiger partial charge in [-0.1, -0.05) is 6.42 Å². The highest BCUT2D eigenvalue weighted by Crippen LogP contribution is 2.12. The van der Waals surface area contributed by atoms with E-state index in [1.165, 1.54) is 13.0 Å². The monoisotopic (exact) mass is 359 g/mol. The van der Waals surface area contributed by atoms with Crippen LogP contribution < -0.4 is 5.32 Å². The Labute approximate surface area is 150 Å². The number of ketones is 2.